The minimum absolute atomic E-state index is 0.0372. The quantitative estimate of drug-likeness (QED) is 0.598. The molecule has 0 atom stereocenters. The number of amides is 2. The number of fused-ring (bicyclic) bond motifs is 1. The van der Waals surface area contributed by atoms with Gasteiger partial charge in [-0.25, -0.2) is 4.98 Å². The van der Waals surface area contributed by atoms with Gasteiger partial charge in [0.05, 0.1) is 5.69 Å². The zero-order valence-corrected chi connectivity index (χ0v) is 17.5. The van der Waals surface area contributed by atoms with E-state index in [1.807, 2.05) is 61.7 Å². The molecule has 0 unspecified atom stereocenters. The van der Waals surface area contributed by atoms with Crippen molar-refractivity contribution in [3.63, 3.8) is 0 Å². The van der Waals surface area contributed by atoms with E-state index in [1.165, 1.54) is 0 Å². The molecular weight excluding hydrogens is 364 g/mol. The topological polar surface area (TPSA) is 75.5 Å². The van der Waals surface area contributed by atoms with Gasteiger partial charge in [0.1, 0.15) is 11.3 Å². The van der Waals surface area contributed by atoms with E-state index in [9.17, 15) is 9.59 Å². The van der Waals surface area contributed by atoms with Crippen molar-refractivity contribution in [1.29, 1.82) is 0 Å². The molecule has 29 heavy (non-hydrogen) atoms. The molecule has 0 aliphatic carbocycles. The van der Waals surface area contributed by atoms with E-state index in [1.54, 1.807) is 0 Å². The highest BCUT2D eigenvalue weighted by atomic mass is 16.2. The van der Waals surface area contributed by atoms with Crippen LogP contribution in [0.1, 0.15) is 52.6 Å². The van der Waals surface area contributed by atoms with Crippen LogP contribution in [0.3, 0.4) is 0 Å². The molecule has 152 valence electrons. The standard InChI is InChI=1S/C23H28N4O2/c1-5-18-11-6-9-15(2)20(18)26-19(28)12-7-13-24-23(29)21-17(4)25-22-16(3)10-8-14-27(21)22/h6,8-11,14H,5,7,12-13H2,1-4H3,(H,24,29)(H,26,28). The van der Waals surface area contributed by atoms with Crippen molar-refractivity contribution >= 4 is 23.1 Å². The number of nitrogens with zero attached hydrogens (tertiary/aromatic N) is 2. The summed E-state index contributed by atoms with van der Waals surface area (Å²) >= 11 is 0. The summed E-state index contributed by atoms with van der Waals surface area (Å²) < 4.78 is 1.82. The van der Waals surface area contributed by atoms with Crippen LogP contribution in [0, 0.1) is 20.8 Å². The van der Waals surface area contributed by atoms with Crippen LogP contribution in [0.2, 0.25) is 0 Å². The summed E-state index contributed by atoms with van der Waals surface area (Å²) in [6, 6.07) is 9.90. The maximum atomic E-state index is 12.6. The molecule has 1 aromatic carbocycles. The van der Waals surface area contributed by atoms with Crippen molar-refractivity contribution in [2.75, 3.05) is 11.9 Å². The SMILES string of the molecule is CCc1cccc(C)c1NC(=O)CCCNC(=O)c1c(C)nc2c(C)cccn12. The molecule has 0 bridgehead atoms. The third-order valence-electron chi connectivity index (χ3n) is 5.11. The predicted octanol–water partition coefficient (Wildman–Crippen LogP) is 3.97. The zero-order valence-electron chi connectivity index (χ0n) is 17.5. The molecule has 0 radical (unpaired) electrons. The number of benzene rings is 1. The van der Waals surface area contributed by atoms with Gasteiger partial charge in [0, 0.05) is 24.8 Å². The lowest BCUT2D eigenvalue weighted by Gasteiger charge is -2.13. The van der Waals surface area contributed by atoms with Gasteiger partial charge < -0.3 is 10.6 Å². The third kappa shape index (κ3) is 4.47. The Bertz CT molecular complexity index is 1050. The maximum Gasteiger partial charge on any atom is 0.270 e. The lowest BCUT2D eigenvalue weighted by Crippen LogP contribution is -2.27. The summed E-state index contributed by atoms with van der Waals surface area (Å²) in [4.78, 5) is 29.5. The zero-order chi connectivity index (χ0) is 21.0. The number of aryl methyl sites for hydroxylation is 4. The summed E-state index contributed by atoms with van der Waals surface area (Å²) in [5.41, 5.74) is 6.14. The summed E-state index contributed by atoms with van der Waals surface area (Å²) in [5, 5.41) is 5.93. The van der Waals surface area contributed by atoms with Crippen LogP contribution < -0.4 is 10.6 Å². The molecule has 0 aliphatic heterocycles. The Hall–Kier alpha value is -3.15. The molecule has 2 N–H and O–H groups in total. The molecule has 0 aliphatic rings. The van der Waals surface area contributed by atoms with Crippen LogP contribution in [0.5, 0.6) is 0 Å². The van der Waals surface area contributed by atoms with Gasteiger partial charge >= 0.3 is 0 Å². The second-order valence-electron chi connectivity index (χ2n) is 7.30. The highest BCUT2D eigenvalue weighted by molar-refractivity contribution is 5.95. The molecule has 3 rings (SSSR count). The highest BCUT2D eigenvalue weighted by Crippen LogP contribution is 2.21. The molecule has 3 aromatic rings. The fraction of sp³-hybridized carbons (Fsp3) is 0.348. The number of imidazole rings is 1. The Morgan fingerprint density at radius 1 is 1.07 bits per heavy atom. The lowest BCUT2D eigenvalue weighted by molar-refractivity contribution is -0.116. The van der Waals surface area contributed by atoms with E-state index in [0.717, 1.165) is 34.4 Å². The highest BCUT2D eigenvalue weighted by Gasteiger charge is 2.17. The van der Waals surface area contributed by atoms with Crippen molar-refractivity contribution in [1.82, 2.24) is 14.7 Å². The molecule has 0 spiro atoms. The maximum absolute atomic E-state index is 12.6. The van der Waals surface area contributed by atoms with Gasteiger partial charge in [-0.1, -0.05) is 31.2 Å². The molecular formula is C23H28N4O2. The Kier molecular flexibility index (Phi) is 6.32. The first-order chi connectivity index (χ1) is 13.9. The number of nitrogens with one attached hydrogen (secondary N) is 2. The van der Waals surface area contributed by atoms with Crippen LogP contribution in [0.4, 0.5) is 5.69 Å². The predicted molar refractivity (Wildman–Crippen MR) is 115 cm³/mol. The first-order valence-corrected chi connectivity index (χ1v) is 10.0. The van der Waals surface area contributed by atoms with Gasteiger partial charge in [0.15, 0.2) is 0 Å². The Balaban J connectivity index is 1.55. The fourth-order valence-corrected chi connectivity index (χ4v) is 3.53. The second kappa shape index (κ2) is 8.90. The first-order valence-electron chi connectivity index (χ1n) is 10.0. The van der Waals surface area contributed by atoms with Crippen LogP contribution in [-0.4, -0.2) is 27.7 Å². The molecule has 0 saturated heterocycles. The number of anilines is 1. The largest absolute Gasteiger partial charge is 0.351 e. The van der Waals surface area contributed by atoms with Gasteiger partial charge in [-0.2, -0.15) is 0 Å². The van der Waals surface area contributed by atoms with Crippen molar-refractivity contribution < 1.29 is 9.59 Å². The summed E-state index contributed by atoms with van der Waals surface area (Å²) in [5.74, 6) is -0.210. The number of carbonyl (C=O) groups excluding carboxylic acids is 2. The van der Waals surface area contributed by atoms with E-state index >= 15 is 0 Å². The van der Waals surface area contributed by atoms with Gasteiger partial charge in [-0.05, 0) is 56.4 Å². The summed E-state index contributed by atoms with van der Waals surface area (Å²) in [7, 11) is 0. The Morgan fingerprint density at radius 3 is 2.59 bits per heavy atom. The molecule has 6 nitrogen and oxygen atoms in total. The normalized spacial score (nSPS) is 10.9. The van der Waals surface area contributed by atoms with Gasteiger partial charge in [-0.3, -0.25) is 14.0 Å². The molecule has 2 heterocycles. The average Bonchev–Trinajstić information content (AvgIpc) is 3.04. The number of hydrogen-bond donors (Lipinski definition) is 2. The van der Waals surface area contributed by atoms with Crippen molar-refractivity contribution in [2.45, 2.75) is 47.0 Å². The minimum Gasteiger partial charge on any atom is -0.351 e. The minimum atomic E-state index is -0.173. The van der Waals surface area contributed by atoms with Gasteiger partial charge in [0.2, 0.25) is 5.91 Å². The average molecular weight is 393 g/mol. The van der Waals surface area contributed by atoms with E-state index in [4.69, 9.17) is 0 Å². The van der Waals surface area contributed by atoms with Gasteiger partial charge in [-0.15, -0.1) is 0 Å². The van der Waals surface area contributed by atoms with E-state index in [-0.39, 0.29) is 11.8 Å². The van der Waals surface area contributed by atoms with Crippen LogP contribution in [0.15, 0.2) is 36.5 Å². The van der Waals surface area contributed by atoms with Crippen molar-refractivity contribution in [2.24, 2.45) is 0 Å². The smallest absolute Gasteiger partial charge is 0.270 e. The summed E-state index contributed by atoms with van der Waals surface area (Å²) in [6.07, 6.45) is 3.63. The number of aromatic nitrogens is 2. The molecule has 2 amide bonds. The van der Waals surface area contributed by atoms with E-state index < -0.39 is 0 Å². The fourth-order valence-electron chi connectivity index (χ4n) is 3.53. The number of para-hydroxylation sites is 1. The Morgan fingerprint density at radius 2 is 1.83 bits per heavy atom. The second-order valence-corrected chi connectivity index (χ2v) is 7.30. The molecule has 6 heteroatoms. The van der Waals surface area contributed by atoms with E-state index in [2.05, 4.69) is 22.5 Å². The Labute approximate surface area is 171 Å². The summed E-state index contributed by atoms with van der Waals surface area (Å²) in [6.45, 7) is 8.31. The monoisotopic (exact) mass is 392 g/mol. The molecule has 0 saturated carbocycles. The van der Waals surface area contributed by atoms with Crippen molar-refractivity contribution in [3.05, 3.63) is 64.6 Å². The number of rotatable bonds is 7. The third-order valence-corrected chi connectivity index (χ3v) is 5.11. The van der Waals surface area contributed by atoms with Crippen LogP contribution in [-0.2, 0) is 11.2 Å². The van der Waals surface area contributed by atoms with Crippen LogP contribution >= 0.6 is 0 Å². The van der Waals surface area contributed by atoms with Crippen LogP contribution in [0.25, 0.3) is 5.65 Å². The number of carbonyl (C=O) groups is 2. The molecule has 0 fully saturated rings. The number of pyridine rings is 1. The van der Waals surface area contributed by atoms with Gasteiger partial charge in [0.25, 0.3) is 5.91 Å². The number of hydrogen-bond acceptors (Lipinski definition) is 3. The lowest BCUT2D eigenvalue weighted by atomic mass is 10.1. The first kappa shape index (κ1) is 20.6. The molecule has 2 aromatic heterocycles. The van der Waals surface area contributed by atoms with E-state index in [0.29, 0.717) is 30.8 Å². The van der Waals surface area contributed by atoms with Crippen molar-refractivity contribution in [3.8, 4) is 0 Å².